The molecule has 2 aromatic heterocycles. The number of amides is 2. The van der Waals surface area contributed by atoms with Gasteiger partial charge in [-0.05, 0) is 49.4 Å². The topological polar surface area (TPSA) is 74.3 Å². The first-order chi connectivity index (χ1) is 13.7. The van der Waals surface area contributed by atoms with Crippen molar-refractivity contribution >= 4 is 34.0 Å². The van der Waals surface area contributed by atoms with Crippen molar-refractivity contribution in [2.24, 2.45) is 5.41 Å². The van der Waals surface area contributed by atoms with Gasteiger partial charge in [-0.1, -0.05) is 26.8 Å². The molecule has 0 aromatic carbocycles. The summed E-state index contributed by atoms with van der Waals surface area (Å²) in [5.74, 6) is 0.808. The number of nitrogens with zero attached hydrogens (tertiary/aromatic N) is 2. The second kappa shape index (κ2) is 8.95. The van der Waals surface area contributed by atoms with Gasteiger partial charge in [0.1, 0.15) is 5.82 Å². The van der Waals surface area contributed by atoms with Gasteiger partial charge in [-0.3, -0.25) is 9.59 Å². The Morgan fingerprint density at radius 2 is 1.90 bits per heavy atom. The van der Waals surface area contributed by atoms with Gasteiger partial charge in [0.05, 0.1) is 9.88 Å². The fraction of sp³-hybridized carbons (Fsp3) is 0.500. The average molecular weight is 415 g/mol. The number of thiophene rings is 1. The van der Waals surface area contributed by atoms with Crippen LogP contribution in [0.4, 0.5) is 10.8 Å². The smallest absolute Gasteiger partial charge is 0.261 e. The Bertz CT molecular complexity index is 862. The fourth-order valence-electron chi connectivity index (χ4n) is 3.16. The summed E-state index contributed by atoms with van der Waals surface area (Å²) in [5.41, 5.74) is 1.35. The molecule has 7 heteroatoms. The number of anilines is 2. The Balaban J connectivity index is 1.57. The van der Waals surface area contributed by atoms with Crippen LogP contribution in [0, 0.1) is 12.3 Å². The molecule has 0 spiro atoms. The Hall–Kier alpha value is -2.41. The van der Waals surface area contributed by atoms with E-state index in [1.54, 1.807) is 0 Å². The maximum atomic E-state index is 12.6. The quantitative estimate of drug-likeness (QED) is 0.762. The van der Waals surface area contributed by atoms with E-state index in [1.807, 2.05) is 52.1 Å². The average Bonchev–Trinajstić information content (AvgIpc) is 3.06. The van der Waals surface area contributed by atoms with Crippen molar-refractivity contribution < 1.29 is 9.59 Å². The number of rotatable bonds is 5. The summed E-state index contributed by atoms with van der Waals surface area (Å²) in [4.78, 5) is 32.3. The molecule has 1 saturated heterocycles. The molecule has 0 aliphatic carbocycles. The van der Waals surface area contributed by atoms with Gasteiger partial charge in [0.25, 0.3) is 5.91 Å². The lowest BCUT2D eigenvalue weighted by Gasteiger charge is -2.27. The number of carbonyl (C=O) groups excluding carboxylic acids is 2. The maximum absolute atomic E-state index is 12.6. The van der Waals surface area contributed by atoms with Gasteiger partial charge in [-0.15, -0.1) is 11.3 Å². The molecule has 2 N–H and O–H groups in total. The van der Waals surface area contributed by atoms with E-state index < -0.39 is 5.41 Å². The van der Waals surface area contributed by atoms with Crippen LogP contribution in [0.2, 0.25) is 0 Å². The van der Waals surface area contributed by atoms with Crippen molar-refractivity contribution in [1.82, 2.24) is 10.3 Å². The summed E-state index contributed by atoms with van der Waals surface area (Å²) < 4.78 is 0. The molecule has 156 valence electrons. The van der Waals surface area contributed by atoms with Crippen molar-refractivity contribution in [3.8, 4) is 0 Å². The number of nitrogens with one attached hydrogen (secondary N) is 2. The number of aromatic nitrogens is 1. The lowest BCUT2D eigenvalue weighted by Crippen LogP contribution is -2.30. The molecule has 0 unspecified atom stereocenters. The third-order valence-electron chi connectivity index (χ3n) is 4.98. The van der Waals surface area contributed by atoms with Crippen LogP contribution < -0.4 is 15.5 Å². The molecule has 0 saturated carbocycles. The highest BCUT2D eigenvalue weighted by Gasteiger charge is 2.23. The van der Waals surface area contributed by atoms with Crippen LogP contribution >= 0.6 is 11.3 Å². The molecular weight excluding hydrogens is 384 g/mol. The number of pyridine rings is 1. The molecule has 0 radical (unpaired) electrons. The SMILES string of the molecule is Cc1cc(NC(=O)C(C)(C)C)sc1C(=O)NCc1ccc(N2CCCCC2)nc1. The van der Waals surface area contributed by atoms with Crippen LogP contribution in [0.25, 0.3) is 0 Å². The van der Waals surface area contributed by atoms with E-state index in [2.05, 4.69) is 20.5 Å². The highest BCUT2D eigenvalue weighted by atomic mass is 32.1. The highest BCUT2D eigenvalue weighted by Crippen LogP contribution is 2.28. The third kappa shape index (κ3) is 5.56. The van der Waals surface area contributed by atoms with Crippen LogP contribution in [-0.4, -0.2) is 29.9 Å². The first-order valence-corrected chi connectivity index (χ1v) is 11.0. The van der Waals surface area contributed by atoms with Crippen LogP contribution in [0.3, 0.4) is 0 Å². The number of piperidine rings is 1. The zero-order valence-corrected chi connectivity index (χ0v) is 18.5. The first kappa shape index (κ1) is 21.3. The largest absolute Gasteiger partial charge is 0.357 e. The van der Waals surface area contributed by atoms with Crippen LogP contribution in [0.5, 0.6) is 0 Å². The summed E-state index contributed by atoms with van der Waals surface area (Å²) in [7, 11) is 0. The zero-order chi connectivity index (χ0) is 21.0. The molecular formula is C22H30N4O2S. The number of aryl methyl sites for hydroxylation is 1. The molecule has 2 aromatic rings. The molecule has 1 aliphatic heterocycles. The molecule has 2 amide bonds. The normalized spacial score (nSPS) is 14.6. The van der Waals surface area contributed by atoms with E-state index in [4.69, 9.17) is 0 Å². The standard InChI is InChI=1S/C22H30N4O2S/c1-15-12-18(25-21(28)22(2,3)4)29-19(15)20(27)24-14-16-8-9-17(23-13-16)26-10-6-5-7-11-26/h8-9,12-13H,5-7,10-11,14H2,1-4H3,(H,24,27)(H,25,28). The number of hydrogen-bond donors (Lipinski definition) is 2. The molecule has 0 bridgehead atoms. The van der Waals surface area contributed by atoms with Crippen molar-refractivity contribution in [2.45, 2.75) is 53.5 Å². The van der Waals surface area contributed by atoms with E-state index in [9.17, 15) is 9.59 Å². The van der Waals surface area contributed by atoms with Gasteiger partial charge < -0.3 is 15.5 Å². The molecule has 3 heterocycles. The fourth-order valence-corrected chi connectivity index (χ4v) is 4.15. The van der Waals surface area contributed by atoms with E-state index >= 15 is 0 Å². The summed E-state index contributed by atoms with van der Waals surface area (Å²) in [5, 5.41) is 6.55. The van der Waals surface area contributed by atoms with E-state index in [1.165, 1.54) is 30.6 Å². The van der Waals surface area contributed by atoms with Gasteiger partial charge in [-0.25, -0.2) is 4.98 Å². The first-order valence-electron chi connectivity index (χ1n) is 10.1. The van der Waals surface area contributed by atoms with Gasteiger partial charge in [-0.2, -0.15) is 0 Å². The van der Waals surface area contributed by atoms with Gasteiger partial charge >= 0.3 is 0 Å². The van der Waals surface area contributed by atoms with Crippen LogP contribution in [0.1, 0.15) is 60.8 Å². The molecule has 1 aliphatic rings. The zero-order valence-electron chi connectivity index (χ0n) is 17.7. The maximum Gasteiger partial charge on any atom is 0.261 e. The molecule has 0 atom stereocenters. The van der Waals surface area contributed by atoms with Crippen molar-refractivity contribution in [3.63, 3.8) is 0 Å². The summed E-state index contributed by atoms with van der Waals surface area (Å²) in [6, 6.07) is 5.90. The van der Waals surface area contributed by atoms with Crippen LogP contribution in [-0.2, 0) is 11.3 Å². The second-order valence-corrected chi connectivity index (χ2v) is 9.63. The summed E-state index contributed by atoms with van der Waals surface area (Å²) >= 11 is 1.30. The molecule has 3 rings (SSSR count). The highest BCUT2D eigenvalue weighted by molar-refractivity contribution is 7.18. The Kier molecular flexibility index (Phi) is 6.57. The predicted molar refractivity (Wildman–Crippen MR) is 119 cm³/mol. The number of hydrogen-bond acceptors (Lipinski definition) is 5. The predicted octanol–water partition coefficient (Wildman–Crippen LogP) is 4.36. The summed E-state index contributed by atoms with van der Waals surface area (Å²) in [6.07, 6.45) is 5.57. The monoisotopic (exact) mass is 414 g/mol. The molecule has 29 heavy (non-hydrogen) atoms. The Morgan fingerprint density at radius 1 is 1.17 bits per heavy atom. The van der Waals surface area contributed by atoms with Crippen molar-refractivity contribution in [3.05, 3.63) is 40.4 Å². The second-order valence-electron chi connectivity index (χ2n) is 8.58. The van der Waals surface area contributed by atoms with E-state index in [0.717, 1.165) is 30.0 Å². The minimum absolute atomic E-state index is 0.0643. The molecule has 6 nitrogen and oxygen atoms in total. The van der Waals surface area contributed by atoms with E-state index in [-0.39, 0.29) is 11.8 Å². The lowest BCUT2D eigenvalue weighted by molar-refractivity contribution is -0.123. The Morgan fingerprint density at radius 3 is 2.52 bits per heavy atom. The number of carbonyl (C=O) groups is 2. The Labute approximate surface area is 176 Å². The van der Waals surface area contributed by atoms with Crippen molar-refractivity contribution in [2.75, 3.05) is 23.3 Å². The van der Waals surface area contributed by atoms with Crippen LogP contribution in [0.15, 0.2) is 24.4 Å². The van der Waals surface area contributed by atoms with E-state index in [0.29, 0.717) is 16.4 Å². The minimum atomic E-state index is -0.478. The lowest BCUT2D eigenvalue weighted by atomic mass is 9.96. The molecule has 1 fully saturated rings. The van der Waals surface area contributed by atoms with Gasteiger partial charge in [0.2, 0.25) is 5.91 Å². The van der Waals surface area contributed by atoms with Crippen molar-refractivity contribution in [1.29, 1.82) is 0 Å². The third-order valence-corrected chi connectivity index (χ3v) is 6.14. The summed E-state index contributed by atoms with van der Waals surface area (Å²) in [6.45, 7) is 10.0. The minimum Gasteiger partial charge on any atom is -0.357 e. The van der Waals surface area contributed by atoms with Gasteiger partial charge in [0, 0.05) is 31.2 Å². The van der Waals surface area contributed by atoms with Gasteiger partial charge in [0.15, 0.2) is 0 Å².